The van der Waals surface area contributed by atoms with Crippen LogP contribution in [0.25, 0.3) is 66.1 Å². The van der Waals surface area contributed by atoms with Crippen molar-refractivity contribution in [3.05, 3.63) is 143 Å². The van der Waals surface area contributed by atoms with Crippen LogP contribution in [0.2, 0.25) is 0 Å². The quantitative estimate of drug-likeness (QED) is 0.177. The molecule has 8 rings (SSSR count). The van der Waals surface area contributed by atoms with Gasteiger partial charge in [0.15, 0.2) is 0 Å². The van der Waals surface area contributed by atoms with Crippen LogP contribution in [0.4, 0.5) is 0 Å². The van der Waals surface area contributed by atoms with E-state index < -0.39 is 0 Å². The molecule has 0 bridgehead atoms. The van der Waals surface area contributed by atoms with Crippen molar-refractivity contribution in [1.82, 2.24) is 9.13 Å². The molecule has 0 unspecified atom stereocenters. The average Bonchev–Trinajstić information content (AvgIpc) is 3.64. The highest BCUT2D eigenvalue weighted by molar-refractivity contribution is 6.12. The summed E-state index contributed by atoms with van der Waals surface area (Å²) in [4.78, 5) is 0. The highest BCUT2D eigenvalue weighted by atomic mass is 15.0. The number of rotatable bonds is 3. The molecule has 0 aliphatic rings. The van der Waals surface area contributed by atoms with Crippen LogP contribution in [0.5, 0.6) is 0 Å². The molecule has 0 amide bonds. The van der Waals surface area contributed by atoms with Gasteiger partial charge in [-0.3, -0.25) is 0 Å². The summed E-state index contributed by atoms with van der Waals surface area (Å²) in [6.45, 7) is 29.6. The van der Waals surface area contributed by atoms with Gasteiger partial charge in [-0.1, -0.05) is 119 Å². The summed E-state index contributed by atoms with van der Waals surface area (Å²) in [7, 11) is 0. The lowest BCUT2D eigenvalue weighted by atomic mass is 9.85. The van der Waals surface area contributed by atoms with Crippen LogP contribution in [0.3, 0.4) is 0 Å². The second-order valence-corrected chi connectivity index (χ2v) is 20.5. The highest BCUT2D eigenvalue weighted by Crippen LogP contribution is 2.44. The van der Waals surface area contributed by atoms with Crippen molar-refractivity contribution >= 4 is 43.6 Å². The van der Waals surface area contributed by atoms with Crippen molar-refractivity contribution in [3.8, 4) is 28.6 Å². The first kappa shape index (κ1) is 38.3. The molecule has 3 nitrogen and oxygen atoms in total. The van der Waals surface area contributed by atoms with E-state index in [9.17, 15) is 5.26 Å². The predicted molar refractivity (Wildman–Crippen MR) is 245 cm³/mol. The van der Waals surface area contributed by atoms with Gasteiger partial charge in [0, 0.05) is 32.7 Å². The molecule has 0 atom stereocenters. The Morgan fingerprint density at radius 2 is 0.754 bits per heavy atom. The molecule has 0 radical (unpaired) electrons. The fraction of sp³-hybridized carbons (Fsp3) is 0.315. The Labute approximate surface area is 339 Å². The Hall–Kier alpha value is -5.59. The first-order chi connectivity index (χ1) is 26.6. The molecule has 8 aromatic rings. The summed E-state index contributed by atoms with van der Waals surface area (Å²) < 4.78 is 4.90. The van der Waals surface area contributed by atoms with Crippen molar-refractivity contribution in [2.75, 3.05) is 0 Å². The van der Waals surface area contributed by atoms with E-state index in [0.29, 0.717) is 5.56 Å². The molecule has 0 aliphatic carbocycles. The second kappa shape index (κ2) is 13.0. The van der Waals surface area contributed by atoms with E-state index in [-0.39, 0.29) is 21.7 Å². The topological polar surface area (TPSA) is 33.6 Å². The van der Waals surface area contributed by atoms with Gasteiger partial charge in [-0.15, -0.1) is 0 Å². The van der Waals surface area contributed by atoms with Crippen LogP contribution in [-0.4, -0.2) is 9.13 Å². The molecule has 2 aromatic heterocycles. The van der Waals surface area contributed by atoms with E-state index in [4.69, 9.17) is 0 Å². The van der Waals surface area contributed by atoms with Gasteiger partial charge < -0.3 is 9.13 Å². The molecule has 3 heteroatoms. The smallest absolute Gasteiger partial charge is 0.0991 e. The SMILES string of the molecule is Cc1ccc(-c2cc(C#N)ccc2-n2c3ccc(C(C)(C)C)cc3c3cc(C(C)(C)C)ccc32)c(-n2c3ccc(C(C)(C)C)cc3c3cc(C(C)(C)C)ccc32)c1. The standard InChI is InChI=1S/C54H57N3/c1-33-14-20-39(50(26-33)57-48-24-18-37(53(8,9)10)30-43(48)44-31-38(54(11,12)13)19-25-49(44)57)40-27-34(32-55)15-21-45(40)56-46-22-16-35(51(2,3)4)28-41(46)42-29-36(52(5,6)7)17-23-47(42)56/h14-31H,1-13H3. The molecule has 0 fully saturated rings. The Morgan fingerprint density at radius 3 is 1.11 bits per heavy atom. The van der Waals surface area contributed by atoms with Gasteiger partial charge in [-0.05, 0) is 129 Å². The molecule has 0 N–H and O–H groups in total. The number of aromatic nitrogens is 2. The van der Waals surface area contributed by atoms with Gasteiger partial charge in [0.2, 0.25) is 0 Å². The third-order valence-corrected chi connectivity index (χ3v) is 12.0. The fourth-order valence-corrected chi connectivity index (χ4v) is 8.50. The zero-order valence-corrected chi connectivity index (χ0v) is 36.2. The lowest BCUT2D eigenvalue weighted by molar-refractivity contribution is 0.590. The van der Waals surface area contributed by atoms with E-state index in [2.05, 4.69) is 208 Å². The van der Waals surface area contributed by atoms with Crippen LogP contribution in [0.1, 0.15) is 116 Å². The zero-order chi connectivity index (χ0) is 41.0. The van der Waals surface area contributed by atoms with Gasteiger partial charge in [-0.2, -0.15) is 5.26 Å². The molecule has 2 heterocycles. The second-order valence-electron chi connectivity index (χ2n) is 20.5. The molecule has 0 aliphatic heterocycles. The summed E-state index contributed by atoms with van der Waals surface area (Å²) in [5, 5.41) is 15.4. The monoisotopic (exact) mass is 747 g/mol. The molecule has 0 saturated carbocycles. The number of hydrogen-bond acceptors (Lipinski definition) is 1. The summed E-state index contributed by atoms with van der Waals surface area (Å²) in [5.41, 5.74) is 16.0. The number of aryl methyl sites for hydroxylation is 1. The maximum atomic E-state index is 10.4. The van der Waals surface area contributed by atoms with Gasteiger partial charge in [0.05, 0.1) is 45.1 Å². The van der Waals surface area contributed by atoms with E-state index in [1.165, 1.54) is 60.4 Å². The van der Waals surface area contributed by atoms with Crippen LogP contribution in [0, 0.1) is 18.3 Å². The number of nitrogens with zero attached hydrogens (tertiary/aromatic N) is 3. The molecule has 6 aromatic carbocycles. The van der Waals surface area contributed by atoms with E-state index in [1.807, 2.05) is 6.07 Å². The minimum atomic E-state index is 0.00422. The molecule has 0 saturated heterocycles. The Morgan fingerprint density at radius 1 is 0.386 bits per heavy atom. The Bertz CT molecular complexity index is 2800. The third kappa shape index (κ3) is 6.54. The van der Waals surface area contributed by atoms with Crippen LogP contribution < -0.4 is 0 Å². The number of fused-ring (bicyclic) bond motifs is 6. The Kier molecular flexibility index (Phi) is 8.71. The van der Waals surface area contributed by atoms with Gasteiger partial charge in [0.1, 0.15) is 0 Å². The lowest BCUT2D eigenvalue weighted by Crippen LogP contribution is -2.10. The van der Waals surface area contributed by atoms with E-state index in [1.54, 1.807) is 0 Å². The van der Waals surface area contributed by atoms with Crippen molar-refractivity contribution in [2.45, 2.75) is 112 Å². The largest absolute Gasteiger partial charge is 0.309 e. The first-order valence-electron chi connectivity index (χ1n) is 20.5. The van der Waals surface area contributed by atoms with Gasteiger partial charge in [0.25, 0.3) is 0 Å². The molecular weight excluding hydrogens is 691 g/mol. The summed E-state index contributed by atoms with van der Waals surface area (Å²) >= 11 is 0. The van der Waals surface area contributed by atoms with Crippen molar-refractivity contribution in [2.24, 2.45) is 0 Å². The van der Waals surface area contributed by atoms with Crippen LogP contribution >= 0.6 is 0 Å². The van der Waals surface area contributed by atoms with Crippen molar-refractivity contribution < 1.29 is 0 Å². The van der Waals surface area contributed by atoms with Crippen molar-refractivity contribution in [3.63, 3.8) is 0 Å². The number of nitriles is 1. The van der Waals surface area contributed by atoms with Gasteiger partial charge in [-0.25, -0.2) is 0 Å². The normalized spacial score (nSPS) is 13.0. The summed E-state index contributed by atoms with van der Waals surface area (Å²) in [6, 6.07) is 43.5. The summed E-state index contributed by atoms with van der Waals surface area (Å²) in [5.74, 6) is 0. The molecular formula is C54H57N3. The van der Waals surface area contributed by atoms with Crippen LogP contribution in [0.15, 0.2) is 109 Å². The summed E-state index contributed by atoms with van der Waals surface area (Å²) in [6.07, 6.45) is 0. The number of benzene rings is 6. The van der Waals surface area contributed by atoms with Crippen molar-refractivity contribution in [1.29, 1.82) is 5.26 Å². The van der Waals surface area contributed by atoms with Gasteiger partial charge >= 0.3 is 0 Å². The zero-order valence-electron chi connectivity index (χ0n) is 36.2. The molecule has 288 valence electrons. The maximum Gasteiger partial charge on any atom is 0.0991 e. The van der Waals surface area contributed by atoms with Crippen LogP contribution in [-0.2, 0) is 21.7 Å². The molecule has 0 spiro atoms. The number of hydrogen-bond donors (Lipinski definition) is 0. The highest BCUT2D eigenvalue weighted by Gasteiger charge is 2.26. The minimum Gasteiger partial charge on any atom is -0.309 e. The average molecular weight is 748 g/mol. The maximum absolute atomic E-state index is 10.4. The van der Waals surface area contributed by atoms with E-state index in [0.717, 1.165) is 33.5 Å². The first-order valence-corrected chi connectivity index (χ1v) is 20.5. The van der Waals surface area contributed by atoms with E-state index >= 15 is 0 Å². The lowest BCUT2D eigenvalue weighted by Gasteiger charge is -2.21. The minimum absolute atomic E-state index is 0.00422. The predicted octanol–water partition coefficient (Wildman–Crippen LogP) is 14.9. The fourth-order valence-electron chi connectivity index (χ4n) is 8.50. The third-order valence-electron chi connectivity index (χ3n) is 12.0. The molecule has 57 heavy (non-hydrogen) atoms. The Balaban J connectivity index is 1.48.